The maximum absolute atomic E-state index is 13.4. The molecule has 2 N–H and O–H groups in total. The number of amides is 1. The van der Waals surface area contributed by atoms with Crippen molar-refractivity contribution in [2.45, 2.75) is 13.8 Å². The highest BCUT2D eigenvalue weighted by molar-refractivity contribution is 6.04. The van der Waals surface area contributed by atoms with Gasteiger partial charge in [0, 0.05) is 18.4 Å². The number of benzene rings is 1. The Balaban J connectivity index is 2.09. The third-order valence-electron chi connectivity index (χ3n) is 2.81. The fourth-order valence-electron chi connectivity index (χ4n) is 1.69. The summed E-state index contributed by atoms with van der Waals surface area (Å²) in [6.07, 6.45) is 1.48. The summed E-state index contributed by atoms with van der Waals surface area (Å²) < 4.78 is 13.4. The second-order valence-electron chi connectivity index (χ2n) is 4.38. The number of pyridine rings is 1. The fraction of sp³-hybridized carbons (Fsp3) is 0.200. The normalized spacial score (nSPS) is 10.2. The van der Waals surface area contributed by atoms with E-state index in [9.17, 15) is 9.18 Å². The quantitative estimate of drug-likeness (QED) is 0.899. The molecule has 0 aliphatic heterocycles. The minimum atomic E-state index is -0.344. The van der Waals surface area contributed by atoms with E-state index in [1.165, 1.54) is 12.3 Å². The van der Waals surface area contributed by atoms with Crippen molar-refractivity contribution in [2.75, 3.05) is 17.2 Å². The summed E-state index contributed by atoms with van der Waals surface area (Å²) in [5.74, 6) is 0.0534. The second-order valence-corrected chi connectivity index (χ2v) is 4.38. The Morgan fingerprint density at radius 2 is 2.10 bits per heavy atom. The van der Waals surface area contributed by atoms with E-state index in [0.29, 0.717) is 22.6 Å². The third-order valence-corrected chi connectivity index (χ3v) is 2.81. The number of rotatable bonds is 4. The van der Waals surface area contributed by atoms with Gasteiger partial charge >= 0.3 is 0 Å². The zero-order valence-electron chi connectivity index (χ0n) is 11.4. The van der Waals surface area contributed by atoms with Crippen LogP contribution in [0.1, 0.15) is 22.8 Å². The van der Waals surface area contributed by atoms with E-state index < -0.39 is 0 Å². The number of nitrogens with one attached hydrogen (secondary N) is 2. The van der Waals surface area contributed by atoms with Crippen molar-refractivity contribution in [2.24, 2.45) is 0 Å². The number of hydrogen-bond acceptors (Lipinski definition) is 3. The van der Waals surface area contributed by atoms with Crippen LogP contribution in [0.2, 0.25) is 0 Å². The molecule has 20 heavy (non-hydrogen) atoms. The van der Waals surface area contributed by atoms with Crippen molar-refractivity contribution in [3.05, 3.63) is 53.5 Å². The van der Waals surface area contributed by atoms with Gasteiger partial charge in [0.15, 0.2) is 0 Å². The maximum atomic E-state index is 13.4. The summed E-state index contributed by atoms with van der Waals surface area (Å²) in [5.41, 5.74) is 1.39. The topological polar surface area (TPSA) is 54.0 Å². The van der Waals surface area contributed by atoms with Crippen molar-refractivity contribution in [3.63, 3.8) is 0 Å². The molecule has 0 radical (unpaired) electrons. The Morgan fingerprint density at radius 3 is 2.70 bits per heavy atom. The molecule has 0 fully saturated rings. The van der Waals surface area contributed by atoms with Gasteiger partial charge in [0.1, 0.15) is 11.6 Å². The lowest BCUT2D eigenvalue weighted by atomic mass is 10.2. The van der Waals surface area contributed by atoms with Gasteiger partial charge in [0.05, 0.1) is 5.56 Å². The highest BCUT2D eigenvalue weighted by Crippen LogP contribution is 2.15. The van der Waals surface area contributed by atoms with Gasteiger partial charge in [-0.2, -0.15) is 0 Å². The Morgan fingerprint density at radius 1 is 1.30 bits per heavy atom. The average Bonchev–Trinajstić information content (AvgIpc) is 2.44. The molecule has 2 aromatic rings. The standard InChI is InChI=1S/C15H16FN3O/c1-3-17-14-7-5-11(9-18-14)15(20)19-12-6-4-10(2)13(16)8-12/h4-9H,3H2,1-2H3,(H,17,18)(H,19,20). The van der Waals surface area contributed by atoms with Crippen LogP contribution in [0.25, 0.3) is 0 Å². The van der Waals surface area contributed by atoms with Crippen LogP contribution in [0.15, 0.2) is 36.5 Å². The zero-order chi connectivity index (χ0) is 14.5. The molecule has 1 heterocycles. The first-order chi connectivity index (χ1) is 9.60. The Kier molecular flexibility index (Phi) is 4.30. The molecule has 0 unspecified atom stereocenters. The average molecular weight is 273 g/mol. The maximum Gasteiger partial charge on any atom is 0.257 e. The van der Waals surface area contributed by atoms with Gasteiger partial charge in [-0.1, -0.05) is 6.07 Å². The molecule has 4 nitrogen and oxygen atoms in total. The predicted octanol–water partition coefficient (Wildman–Crippen LogP) is 3.21. The number of aromatic nitrogens is 1. The molecule has 104 valence electrons. The molecule has 0 spiro atoms. The molecule has 0 saturated carbocycles. The molecule has 1 aromatic heterocycles. The number of hydrogen-bond donors (Lipinski definition) is 2. The fourth-order valence-corrected chi connectivity index (χ4v) is 1.69. The summed E-state index contributed by atoms with van der Waals surface area (Å²) in [6.45, 7) is 4.40. The van der Waals surface area contributed by atoms with Crippen molar-refractivity contribution in [3.8, 4) is 0 Å². The molecule has 0 aliphatic carbocycles. The van der Waals surface area contributed by atoms with Crippen LogP contribution >= 0.6 is 0 Å². The van der Waals surface area contributed by atoms with Crippen molar-refractivity contribution in [1.29, 1.82) is 0 Å². The predicted molar refractivity (Wildman–Crippen MR) is 77.5 cm³/mol. The van der Waals surface area contributed by atoms with Gasteiger partial charge in [-0.3, -0.25) is 4.79 Å². The summed E-state index contributed by atoms with van der Waals surface area (Å²) >= 11 is 0. The summed E-state index contributed by atoms with van der Waals surface area (Å²) in [6, 6.07) is 7.99. The van der Waals surface area contributed by atoms with Gasteiger partial charge in [0.25, 0.3) is 5.91 Å². The monoisotopic (exact) mass is 273 g/mol. The summed E-state index contributed by atoms with van der Waals surface area (Å²) in [7, 11) is 0. The molecule has 5 heteroatoms. The highest BCUT2D eigenvalue weighted by atomic mass is 19.1. The third kappa shape index (κ3) is 3.32. The molecule has 2 rings (SSSR count). The Labute approximate surface area is 117 Å². The van der Waals surface area contributed by atoms with Crippen LogP contribution in [0, 0.1) is 12.7 Å². The van der Waals surface area contributed by atoms with Crippen molar-refractivity contribution < 1.29 is 9.18 Å². The first-order valence-electron chi connectivity index (χ1n) is 6.37. The van der Waals surface area contributed by atoms with E-state index in [1.54, 1.807) is 31.2 Å². The first-order valence-corrected chi connectivity index (χ1v) is 6.37. The van der Waals surface area contributed by atoms with E-state index in [-0.39, 0.29) is 11.7 Å². The Hall–Kier alpha value is -2.43. The van der Waals surface area contributed by atoms with Crippen LogP contribution in [-0.2, 0) is 0 Å². The van der Waals surface area contributed by atoms with Crippen LogP contribution in [-0.4, -0.2) is 17.4 Å². The van der Waals surface area contributed by atoms with Crippen LogP contribution in [0.4, 0.5) is 15.9 Å². The molecule has 0 atom stereocenters. The van der Waals surface area contributed by atoms with E-state index in [1.807, 2.05) is 6.92 Å². The lowest BCUT2D eigenvalue weighted by Gasteiger charge is -2.07. The van der Waals surface area contributed by atoms with Gasteiger partial charge in [-0.05, 0) is 43.7 Å². The van der Waals surface area contributed by atoms with Crippen LogP contribution < -0.4 is 10.6 Å². The summed E-state index contributed by atoms with van der Waals surface area (Å²) in [4.78, 5) is 16.1. The molecular weight excluding hydrogens is 257 g/mol. The molecule has 1 aromatic carbocycles. The van der Waals surface area contributed by atoms with Gasteiger partial charge in [-0.25, -0.2) is 9.37 Å². The first kappa shape index (κ1) is 14.0. The van der Waals surface area contributed by atoms with Crippen LogP contribution in [0.3, 0.4) is 0 Å². The largest absolute Gasteiger partial charge is 0.370 e. The van der Waals surface area contributed by atoms with E-state index >= 15 is 0 Å². The number of nitrogens with zero attached hydrogens (tertiary/aromatic N) is 1. The molecule has 1 amide bonds. The van der Waals surface area contributed by atoms with Gasteiger partial charge < -0.3 is 10.6 Å². The second kappa shape index (κ2) is 6.14. The van der Waals surface area contributed by atoms with Gasteiger partial charge in [-0.15, -0.1) is 0 Å². The number of halogens is 1. The van der Waals surface area contributed by atoms with Crippen molar-refractivity contribution in [1.82, 2.24) is 4.98 Å². The zero-order valence-corrected chi connectivity index (χ0v) is 11.4. The minimum absolute atomic E-state index is 0.316. The molecule has 0 bridgehead atoms. The lowest BCUT2D eigenvalue weighted by Crippen LogP contribution is -2.12. The molecular formula is C15H16FN3O. The lowest BCUT2D eigenvalue weighted by molar-refractivity contribution is 0.102. The van der Waals surface area contributed by atoms with E-state index in [2.05, 4.69) is 15.6 Å². The van der Waals surface area contributed by atoms with E-state index in [4.69, 9.17) is 0 Å². The number of anilines is 2. The Bertz CT molecular complexity index is 611. The molecule has 0 saturated heterocycles. The SMILES string of the molecule is CCNc1ccc(C(=O)Nc2ccc(C)c(F)c2)cn1. The van der Waals surface area contributed by atoms with Crippen LogP contribution in [0.5, 0.6) is 0 Å². The molecule has 0 aliphatic rings. The van der Waals surface area contributed by atoms with Crippen molar-refractivity contribution >= 4 is 17.4 Å². The number of carbonyl (C=O) groups is 1. The minimum Gasteiger partial charge on any atom is -0.370 e. The summed E-state index contributed by atoms with van der Waals surface area (Å²) in [5, 5.41) is 5.68. The van der Waals surface area contributed by atoms with Gasteiger partial charge in [0.2, 0.25) is 0 Å². The number of aryl methyl sites for hydroxylation is 1. The van der Waals surface area contributed by atoms with E-state index in [0.717, 1.165) is 6.54 Å². The highest BCUT2D eigenvalue weighted by Gasteiger charge is 2.08. The number of carbonyl (C=O) groups excluding carboxylic acids is 1. The smallest absolute Gasteiger partial charge is 0.257 e.